The van der Waals surface area contributed by atoms with Gasteiger partial charge in [0.2, 0.25) is 0 Å². The molecule has 1 atom stereocenters. The number of hydrogen-bond acceptors (Lipinski definition) is 2. The number of rotatable bonds is 2. The van der Waals surface area contributed by atoms with Crippen LogP contribution in [0.25, 0.3) is 0 Å². The van der Waals surface area contributed by atoms with E-state index in [9.17, 15) is 0 Å². The van der Waals surface area contributed by atoms with E-state index in [1.807, 2.05) is 0 Å². The van der Waals surface area contributed by atoms with Gasteiger partial charge in [-0.3, -0.25) is 0 Å². The Hall–Kier alpha value is -1.02. The molecule has 0 saturated carbocycles. The molecule has 1 unspecified atom stereocenters. The highest BCUT2D eigenvalue weighted by Gasteiger charge is 2.17. The Morgan fingerprint density at radius 1 is 1.38 bits per heavy atom. The van der Waals surface area contributed by atoms with Gasteiger partial charge in [0.1, 0.15) is 0 Å². The number of nitrogens with zero attached hydrogens (tertiary/aromatic N) is 1. The second kappa shape index (κ2) is 4.88. The quantitative estimate of drug-likeness (QED) is 0.758. The molecule has 0 aromatic heterocycles. The Bertz CT molecular complexity index is 348. The Balaban J connectivity index is 2.16. The summed E-state index contributed by atoms with van der Waals surface area (Å²) in [7, 11) is 0. The molecule has 1 aromatic rings. The fourth-order valence-electron chi connectivity index (χ4n) is 2.13. The number of benzene rings is 1. The molecular weight excluding hydrogens is 198 g/mol. The summed E-state index contributed by atoms with van der Waals surface area (Å²) in [4.78, 5) is 2.42. The monoisotopic (exact) mass is 219 g/mol. The van der Waals surface area contributed by atoms with Crippen LogP contribution in [0, 0.1) is 0 Å². The number of morpholine rings is 1. The maximum Gasteiger partial charge on any atom is 0.0722 e. The van der Waals surface area contributed by atoms with Gasteiger partial charge in [-0.2, -0.15) is 0 Å². The molecule has 0 radical (unpaired) electrons. The summed E-state index contributed by atoms with van der Waals surface area (Å²) in [5, 5.41) is 0. The van der Waals surface area contributed by atoms with Gasteiger partial charge in [0.15, 0.2) is 0 Å². The summed E-state index contributed by atoms with van der Waals surface area (Å²) in [6, 6.07) is 8.87. The molecule has 0 aliphatic carbocycles. The first-order valence-electron chi connectivity index (χ1n) is 6.13. The van der Waals surface area contributed by atoms with Crippen molar-refractivity contribution in [2.24, 2.45) is 0 Å². The fourth-order valence-corrected chi connectivity index (χ4v) is 2.13. The van der Waals surface area contributed by atoms with E-state index >= 15 is 0 Å². The Morgan fingerprint density at radius 3 is 2.88 bits per heavy atom. The molecule has 0 amide bonds. The number of anilines is 1. The molecule has 0 bridgehead atoms. The fraction of sp³-hybridized carbons (Fsp3) is 0.571. The molecule has 1 fully saturated rings. The van der Waals surface area contributed by atoms with Gasteiger partial charge < -0.3 is 9.64 Å². The van der Waals surface area contributed by atoms with Crippen LogP contribution in [0.2, 0.25) is 0 Å². The average molecular weight is 219 g/mol. The standard InChI is InChI=1S/C14H21NO/c1-11(2)13-5-4-6-14(9-13)15-7-8-16-12(3)10-15/h4-6,9,11-12H,7-8,10H2,1-3H3. The largest absolute Gasteiger partial charge is 0.375 e. The van der Waals surface area contributed by atoms with E-state index in [1.54, 1.807) is 0 Å². The van der Waals surface area contributed by atoms with Gasteiger partial charge in [-0.15, -0.1) is 0 Å². The summed E-state index contributed by atoms with van der Waals surface area (Å²) < 4.78 is 5.57. The Labute approximate surface area is 98.2 Å². The van der Waals surface area contributed by atoms with E-state index in [-0.39, 0.29) is 0 Å². The normalized spacial score (nSPS) is 21.5. The first-order valence-corrected chi connectivity index (χ1v) is 6.13. The zero-order valence-corrected chi connectivity index (χ0v) is 10.4. The van der Waals surface area contributed by atoms with Crippen molar-refractivity contribution in [2.45, 2.75) is 32.8 Å². The molecule has 0 N–H and O–H groups in total. The molecule has 1 aromatic carbocycles. The smallest absolute Gasteiger partial charge is 0.0722 e. The van der Waals surface area contributed by atoms with Crippen LogP contribution in [0.5, 0.6) is 0 Å². The molecular formula is C14H21NO. The average Bonchev–Trinajstić information content (AvgIpc) is 2.29. The maximum atomic E-state index is 5.57. The minimum atomic E-state index is 0.344. The second-order valence-electron chi connectivity index (χ2n) is 4.88. The van der Waals surface area contributed by atoms with E-state index in [4.69, 9.17) is 4.74 Å². The van der Waals surface area contributed by atoms with Crippen LogP contribution < -0.4 is 4.90 Å². The van der Waals surface area contributed by atoms with Gasteiger partial charge in [0.05, 0.1) is 12.7 Å². The zero-order valence-electron chi connectivity index (χ0n) is 10.4. The number of ether oxygens (including phenoxy) is 1. The van der Waals surface area contributed by atoms with Crippen LogP contribution in [0.1, 0.15) is 32.3 Å². The summed E-state index contributed by atoms with van der Waals surface area (Å²) >= 11 is 0. The summed E-state index contributed by atoms with van der Waals surface area (Å²) in [5.41, 5.74) is 2.75. The highest BCUT2D eigenvalue weighted by atomic mass is 16.5. The zero-order chi connectivity index (χ0) is 11.5. The van der Waals surface area contributed by atoms with E-state index in [1.165, 1.54) is 11.3 Å². The minimum absolute atomic E-state index is 0.344. The highest BCUT2D eigenvalue weighted by Crippen LogP contribution is 2.23. The third-order valence-electron chi connectivity index (χ3n) is 3.14. The molecule has 2 heteroatoms. The molecule has 1 aliphatic rings. The van der Waals surface area contributed by atoms with Gasteiger partial charge in [0, 0.05) is 18.8 Å². The van der Waals surface area contributed by atoms with Gasteiger partial charge >= 0.3 is 0 Å². The molecule has 2 nitrogen and oxygen atoms in total. The van der Waals surface area contributed by atoms with Gasteiger partial charge in [-0.1, -0.05) is 26.0 Å². The number of hydrogen-bond donors (Lipinski definition) is 0. The molecule has 88 valence electrons. The van der Waals surface area contributed by atoms with Crippen molar-refractivity contribution in [3.63, 3.8) is 0 Å². The first-order chi connectivity index (χ1) is 7.66. The predicted molar refractivity (Wildman–Crippen MR) is 68.2 cm³/mol. The van der Waals surface area contributed by atoms with Crippen LogP contribution >= 0.6 is 0 Å². The molecule has 1 saturated heterocycles. The van der Waals surface area contributed by atoms with Crippen molar-refractivity contribution in [3.8, 4) is 0 Å². The third kappa shape index (κ3) is 2.56. The van der Waals surface area contributed by atoms with E-state index in [0.717, 1.165) is 19.7 Å². The summed E-state index contributed by atoms with van der Waals surface area (Å²) in [6.07, 6.45) is 0.344. The van der Waals surface area contributed by atoms with Crippen LogP contribution in [0.15, 0.2) is 24.3 Å². The van der Waals surface area contributed by atoms with Gasteiger partial charge in [0.25, 0.3) is 0 Å². The lowest BCUT2D eigenvalue weighted by Crippen LogP contribution is -2.41. The molecule has 1 heterocycles. The van der Waals surface area contributed by atoms with Crippen molar-refractivity contribution >= 4 is 5.69 Å². The molecule has 2 rings (SSSR count). The maximum absolute atomic E-state index is 5.57. The SMILES string of the molecule is CC1CN(c2cccc(C(C)C)c2)CCO1. The van der Waals surface area contributed by atoms with Crippen LogP contribution in [-0.2, 0) is 4.74 Å². The van der Waals surface area contributed by atoms with Crippen LogP contribution in [0.4, 0.5) is 5.69 Å². The van der Waals surface area contributed by atoms with E-state index in [0.29, 0.717) is 12.0 Å². The van der Waals surface area contributed by atoms with E-state index in [2.05, 4.69) is 49.9 Å². The van der Waals surface area contributed by atoms with Crippen molar-refractivity contribution in [1.29, 1.82) is 0 Å². The van der Waals surface area contributed by atoms with Crippen molar-refractivity contribution in [2.75, 3.05) is 24.6 Å². The lowest BCUT2D eigenvalue weighted by Gasteiger charge is -2.33. The summed E-state index contributed by atoms with van der Waals surface area (Å²) in [5.74, 6) is 0.596. The van der Waals surface area contributed by atoms with Crippen LogP contribution in [-0.4, -0.2) is 25.8 Å². The molecule has 0 spiro atoms. The van der Waals surface area contributed by atoms with Crippen molar-refractivity contribution in [1.82, 2.24) is 0 Å². The van der Waals surface area contributed by atoms with Crippen molar-refractivity contribution < 1.29 is 4.74 Å². The topological polar surface area (TPSA) is 12.5 Å². The molecule has 16 heavy (non-hydrogen) atoms. The second-order valence-corrected chi connectivity index (χ2v) is 4.88. The van der Waals surface area contributed by atoms with E-state index < -0.39 is 0 Å². The predicted octanol–water partition coefficient (Wildman–Crippen LogP) is 3.04. The minimum Gasteiger partial charge on any atom is -0.375 e. The first kappa shape index (κ1) is 11.5. The highest BCUT2D eigenvalue weighted by molar-refractivity contribution is 5.49. The Morgan fingerprint density at radius 2 is 2.19 bits per heavy atom. The van der Waals surface area contributed by atoms with Crippen LogP contribution in [0.3, 0.4) is 0 Å². The lowest BCUT2D eigenvalue weighted by molar-refractivity contribution is 0.0532. The molecule has 1 aliphatic heterocycles. The lowest BCUT2D eigenvalue weighted by atomic mass is 10.0. The third-order valence-corrected chi connectivity index (χ3v) is 3.14. The van der Waals surface area contributed by atoms with Gasteiger partial charge in [-0.05, 0) is 30.5 Å². The Kier molecular flexibility index (Phi) is 3.49. The summed E-state index contributed by atoms with van der Waals surface area (Å²) in [6.45, 7) is 9.46. The van der Waals surface area contributed by atoms with Gasteiger partial charge in [-0.25, -0.2) is 0 Å². The van der Waals surface area contributed by atoms with Crippen molar-refractivity contribution in [3.05, 3.63) is 29.8 Å².